The lowest BCUT2D eigenvalue weighted by molar-refractivity contribution is -0.170. The molecule has 1 aliphatic heterocycles. The Morgan fingerprint density at radius 2 is 2.00 bits per heavy atom. The molecule has 0 spiro atoms. The molecular formula is C19H26O5. The quantitative estimate of drug-likeness (QED) is 0.726. The van der Waals surface area contributed by atoms with Crippen LogP contribution in [0.15, 0.2) is 12.2 Å². The zero-order valence-electron chi connectivity index (χ0n) is 14.9. The fraction of sp³-hybridized carbons (Fsp3) is 0.737. The average Bonchev–Trinajstić information content (AvgIpc) is 2.92. The van der Waals surface area contributed by atoms with Crippen LogP contribution in [0.1, 0.15) is 41.0 Å². The summed E-state index contributed by atoms with van der Waals surface area (Å²) in [5.41, 5.74) is -0.828. The molecule has 0 unspecified atom stereocenters. The molecule has 1 saturated heterocycles. The van der Waals surface area contributed by atoms with Crippen LogP contribution in [0.4, 0.5) is 0 Å². The van der Waals surface area contributed by atoms with Gasteiger partial charge >= 0.3 is 11.9 Å². The number of rotatable bonds is 2. The highest BCUT2D eigenvalue weighted by Gasteiger charge is 2.62. The van der Waals surface area contributed by atoms with Crippen LogP contribution >= 0.6 is 0 Å². The van der Waals surface area contributed by atoms with Crippen molar-refractivity contribution in [3.63, 3.8) is 0 Å². The molecule has 0 bridgehead atoms. The van der Waals surface area contributed by atoms with Crippen molar-refractivity contribution < 1.29 is 23.9 Å². The van der Waals surface area contributed by atoms with E-state index in [0.29, 0.717) is 6.42 Å². The summed E-state index contributed by atoms with van der Waals surface area (Å²) in [7, 11) is 0. The maximum Gasteiger partial charge on any atom is 0.309 e. The van der Waals surface area contributed by atoms with Crippen LogP contribution in [0.2, 0.25) is 0 Å². The molecular weight excluding hydrogens is 308 g/mol. The van der Waals surface area contributed by atoms with Gasteiger partial charge < -0.3 is 9.47 Å². The summed E-state index contributed by atoms with van der Waals surface area (Å²) in [4.78, 5) is 37.2. The van der Waals surface area contributed by atoms with Gasteiger partial charge in [-0.1, -0.05) is 33.8 Å². The predicted octanol–water partition coefficient (Wildman–Crippen LogP) is 2.53. The van der Waals surface area contributed by atoms with E-state index < -0.39 is 11.5 Å². The summed E-state index contributed by atoms with van der Waals surface area (Å²) >= 11 is 0. The first-order valence-electron chi connectivity index (χ1n) is 8.81. The minimum Gasteiger partial charge on any atom is -0.462 e. The first-order valence-corrected chi connectivity index (χ1v) is 8.81. The van der Waals surface area contributed by atoms with Crippen LogP contribution < -0.4 is 0 Å². The molecule has 3 aliphatic rings. The van der Waals surface area contributed by atoms with E-state index in [-0.39, 0.29) is 53.4 Å². The van der Waals surface area contributed by atoms with Crippen molar-refractivity contribution >= 4 is 17.7 Å². The van der Waals surface area contributed by atoms with Gasteiger partial charge in [0.2, 0.25) is 0 Å². The van der Waals surface area contributed by atoms with Crippen molar-refractivity contribution in [1.82, 2.24) is 0 Å². The molecule has 0 amide bonds. The third-order valence-electron chi connectivity index (χ3n) is 6.20. The summed E-state index contributed by atoms with van der Waals surface area (Å²) in [6.07, 6.45) is 3.30. The molecule has 2 fully saturated rings. The lowest BCUT2D eigenvalue weighted by Gasteiger charge is -2.40. The van der Waals surface area contributed by atoms with E-state index >= 15 is 0 Å². The normalized spacial score (nSPS) is 44.1. The minimum absolute atomic E-state index is 0.00790. The molecule has 0 aromatic rings. The van der Waals surface area contributed by atoms with Gasteiger partial charge in [-0.15, -0.1) is 0 Å². The van der Waals surface area contributed by atoms with E-state index in [1.54, 1.807) is 19.9 Å². The van der Waals surface area contributed by atoms with Gasteiger partial charge in [0.1, 0.15) is 12.2 Å². The summed E-state index contributed by atoms with van der Waals surface area (Å²) in [6, 6.07) is 0. The Morgan fingerprint density at radius 3 is 2.62 bits per heavy atom. The largest absolute Gasteiger partial charge is 0.462 e. The number of hydrogen-bond donors (Lipinski definition) is 0. The number of ether oxygens (including phenoxy) is 2. The topological polar surface area (TPSA) is 69.7 Å². The summed E-state index contributed by atoms with van der Waals surface area (Å²) in [5.74, 6) is -1.39. The zero-order chi connectivity index (χ0) is 17.8. The molecule has 2 aliphatic carbocycles. The third-order valence-corrected chi connectivity index (χ3v) is 6.20. The number of carbonyl (C=O) groups excluding carboxylic acids is 3. The molecule has 0 radical (unpaired) electrons. The molecule has 7 atom stereocenters. The Hall–Kier alpha value is -1.65. The fourth-order valence-electron chi connectivity index (χ4n) is 4.70. The van der Waals surface area contributed by atoms with E-state index in [2.05, 4.69) is 6.92 Å². The first-order chi connectivity index (χ1) is 11.2. The van der Waals surface area contributed by atoms with Crippen LogP contribution in [0.25, 0.3) is 0 Å². The Balaban J connectivity index is 2.07. The third kappa shape index (κ3) is 2.32. The Labute approximate surface area is 142 Å². The standard InChI is InChI=1S/C19H26O5/c1-9(2)17(21)24-16-15-11(4)18(22)23-13(15)8-10(3)12-6-7-14(20)19(12,16)5/h6-7,9-13,15-16H,8H2,1-5H3/t10-,11+,12+,13-,15+,16+,19+/m1/s1. The number of fused-ring (bicyclic) bond motifs is 2. The second-order valence-electron chi connectivity index (χ2n) is 8.10. The van der Waals surface area contributed by atoms with Gasteiger partial charge in [0.25, 0.3) is 0 Å². The van der Waals surface area contributed by atoms with Crippen LogP contribution in [-0.4, -0.2) is 29.9 Å². The molecule has 0 aromatic heterocycles. The zero-order valence-corrected chi connectivity index (χ0v) is 14.9. The Bertz CT molecular complexity index is 607. The van der Waals surface area contributed by atoms with E-state index in [1.165, 1.54) is 0 Å². The van der Waals surface area contributed by atoms with Crippen molar-refractivity contribution in [1.29, 1.82) is 0 Å². The van der Waals surface area contributed by atoms with Crippen LogP contribution in [0.3, 0.4) is 0 Å². The molecule has 1 heterocycles. The van der Waals surface area contributed by atoms with Crippen LogP contribution in [0, 0.1) is 35.0 Å². The summed E-state index contributed by atoms with van der Waals surface area (Å²) in [6.45, 7) is 9.31. The lowest BCUT2D eigenvalue weighted by Crippen LogP contribution is -2.50. The maximum absolute atomic E-state index is 12.8. The molecule has 0 aromatic carbocycles. The van der Waals surface area contributed by atoms with Gasteiger partial charge in [0.15, 0.2) is 5.78 Å². The van der Waals surface area contributed by atoms with Gasteiger partial charge in [0.05, 0.1) is 17.3 Å². The van der Waals surface area contributed by atoms with Crippen LogP contribution in [-0.2, 0) is 23.9 Å². The van der Waals surface area contributed by atoms with Crippen molar-refractivity contribution in [3.8, 4) is 0 Å². The smallest absolute Gasteiger partial charge is 0.309 e. The lowest BCUT2D eigenvalue weighted by atomic mass is 9.66. The number of hydrogen-bond acceptors (Lipinski definition) is 5. The van der Waals surface area contributed by atoms with E-state index in [4.69, 9.17) is 9.47 Å². The highest BCUT2D eigenvalue weighted by molar-refractivity contribution is 5.98. The van der Waals surface area contributed by atoms with E-state index in [0.717, 1.165) is 0 Å². The minimum atomic E-state index is -0.828. The van der Waals surface area contributed by atoms with Gasteiger partial charge in [-0.3, -0.25) is 14.4 Å². The van der Waals surface area contributed by atoms with Crippen molar-refractivity contribution in [3.05, 3.63) is 12.2 Å². The van der Waals surface area contributed by atoms with Crippen molar-refractivity contribution in [2.75, 3.05) is 0 Å². The Morgan fingerprint density at radius 1 is 1.33 bits per heavy atom. The molecule has 5 heteroatoms. The summed E-state index contributed by atoms with van der Waals surface area (Å²) in [5, 5.41) is 0. The average molecular weight is 334 g/mol. The van der Waals surface area contributed by atoms with Crippen LogP contribution in [0.5, 0.6) is 0 Å². The van der Waals surface area contributed by atoms with Gasteiger partial charge in [0, 0.05) is 5.92 Å². The van der Waals surface area contributed by atoms with Gasteiger partial charge in [-0.25, -0.2) is 0 Å². The second kappa shape index (κ2) is 5.71. The number of esters is 2. The van der Waals surface area contributed by atoms with E-state index in [9.17, 15) is 14.4 Å². The highest BCUT2D eigenvalue weighted by Crippen LogP contribution is 2.54. The predicted molar refractivity (Wildman–Crippen MR) is 86.8 cm³/mol. The first kappa shape index (κ1) is 17.2. The molecule has 132 valence electrons. The van der Waals surface area contributed by atoms with Crippen molar-refractivity contribution in [2.45, 2.75) is 53.2 Å². The molecule has 5 nitrogen and oxygen atoms in total. The van der Waals surface area contributed by atoms with Crippen molar-refractivity contribution in [2.24, 2.45) is 35.0 Å². The van der Waals surface area contributed by atoms with Gasteiger partial charge in [-0.05, 0) is 31.3 Å². The molecule has 1 saturated carbocycles. The molecule has 3 rings (SSSR count). The number of ketones is 1. The number of allylic oxidation sites excluding steroid dienone is 2. The molecule has 0 N–H and O–H groups in total. The Kier molecular flexibility index (Phi) is 4.09. The second-order valence-corrected chi connectivity index (χ2v) is 8.10. The van der Waals surface area contributed by atoms with Gasteiger partial charge in [-0.2, -0.15) is 0 Å². The maximum atomic E-state index is 12.8. The SMILES string of the molecule is CC(C)C(=O)O[C@H]1[C@H]2[C@H](C)C(=O)O[C@@H]2C[C@@H](C)[C@@H]2C=CC(=O)[C@]21C. The fourth-order valence-corrected chi connectivity index (χ4v) is 4.70. The number of carbonyl (C=O) groups is 3. The molecule has 24 heavy (non-hydrogen) atoms. The van der Waals surface area contributed by atoms with E-state index in [1.807, 2.05) is 19.9 Å². The highest BCUT2D eigenvalue weighted by atomic mass is 16.6. The monoisotopic (exact) mass is 334 g/mol. The summed E-state index contributed by atoms with van der Waals surface area (Å²) < 4.78 is 11.4.